The number of phenols is 1. The molecular formula is C12H12N2O4S. The number of aromatic nitrogens is 1. The number of nitrogens with zero attached hydrogens (tertiary/aromatic N) is 2. The number of carbonyl (C=O) groups excluding carboxylic acids is 1. The summed E-state index contributed by atoms with van der Waals surface area (Å²) in [6, 6.07) is 4.96. The van der Waals surface area contributed by atoms with Crippen molar-refractivity contribution in [2.45, 2.75) is 6.10 Å². The number of ether oxygens (including phenoxy) is 2. The summed E-state index contributed by atoms with van der Waals surface area (Å²) < 4.78 is 15.3. The fourth-order valence-corrected chi connectivity index (χ4v) is 2.89. The Morgan fingerprint density at radius 3 is 3.26 bits per heavy atom. The smallest absolute Gasteiger partial charge is 0.416 e. The Morgan fingerprint density at radius 2 is 2.47 bits per heavy atom. The van der Waals surface area contributed by atoms with Crippen molar-refractivity contribution in [1.82, 2.24) is 4.37 Å². The lowest BCUT2D eigenvalue weighted by Gasteiger charge is -2.09. The van der Waals surface area contributed by atoms with Crippen LogP contribution in [0.5, 0.6) is 5.75 Å². The van der Waals surface area contributed by atoms with Crippen LogP contribution in [0.2, 0.25) is 0 Å². The van der Waals surface area contributed by atoms with E-state index < -0.39 is 6.09 Å². The number of anilines is 1. The molecular weight excluding hydrogens is 268 g/mol. The van der Waals surface area contributed by atoms with Crippen LogP contribution in [-0.2, 0) is 9.47 Å². The van der Waals surface area contributed by atoms with Crippen molar-refractivity contribution in [2.75, 3.05) is 25.2 Å². The van der Waals surface area contributed by atoms with Gasteiger partial charge in [-0.2, -0.15) is 4.37 Å². The molecule has 3 rings (SSSR count). The number of amides is 1. The molecule has 0 saturated carbocycles. The first kappa shape index (κ1) is 12.2. The van der Waals surface area contributed by atoms with Gasteiger partial charge in [-0.3, -0.25) is 4.90 Å². The number of cyclic esters (lactones) is 1. The van der Waals surface area contributed by atoms with Crippen LogP contribution < -0.4 is 4.90 Å². The average molecular weight is 280 g/mol. The Hall–Kier alpha value is -1.86. The van der Waals surface area contributed by atoms with E-state index in [9.17, 15) is 9.90 Å². The number of methoxy groups -OCH3 is 1. The van der Waals surface area contributed by atoms with E-state index in [1.807, 2.05) is 0 Å². The van der Waals surface area contributed by atoms with E-state index in [-0.39, 0.29) is 11.9 Å². The van der Waals surface area contributed by atoms with E-state index in [0.29, 0.717) is 19.0 Å². The number of rotatable bonds is 3. The van der Waals surface area contributed by atoms with E-state index in [0.717, 1.165) is 10.1 Å². The van der Waals surface area contributed by atoms with Crippen molar-refractivity contribution in [2.24, 2.45) is 0 Å². The molecule has 7 heteroatoms. The third-order valence-electron chi connectivity index (χ3n) is 2.92. The zero-order valence-corrected chi connectivity index (χ0v) is 11.0. The first-order valence-electron chi connectivity index (χ1n) is 5.74. The molecule has 2 aromatic rings. The number of carbonyl (C=O) groups is 1. The van der Waals surface area contributed by atoms with Crippen LogP contribution in [0.25, 0.3) is 10.1 Å². The average Bonchev–Trinajstić information content (AvgIpc) is 2.93. The second-order valence-corrected chi connectivity index (χ2v) is 5.06. The maximum absolute atomic E-state index is 11.8. The maximum atomic E-state index is 11.8. The monoisotopic (exact) mass is 280 g/mol. The summed E-state index contributed by atoms with van der Waals surface area (Å²) in [7, 11) is 1.57. The van der Waals surface area contributed by atoms with E-state index in [4.69, 9.17) is 9.47 Å². The molecule has 6 nitrogen and oxygen atoms in total. The number of hydrogen-bond donors (Lipinski definition) is 1. The summed E-state index contributed by atoms with van der Waals surface area (Å²) in [6.45, 7) is 0.789. The molecule has 1 amide bonds. The van der Waals surface area contributed by atoms with Gasteiger partial charge in [0.1, 0.15) is 11.9 Å². The van der Waals surface area contributed by atoms with Gasteiger partial charge < -0.3 is 14.6 Å². The van der Waals surface area contributed by atoms with Crippen molar-refractivity contribution in [1.29, 1.82) is 0 Å². The third-order valence-corrected chi connectivity index (χ3v) is 3.72. The zero-order chi connectivity index (χ0) is 13.4. The predicted octanol–water partition coefficient (Wildman–Crippen LogP) is 1.97. The predicted molar refractivity (Wildman–Crippen MR) is 70.8 cm³/mol. The summed E-state index contributed by atoms with van der Waals surface area (Å²) in [4.78, 5) is 13.3. The normalized spacial score (nSPS) is 19.1. The van der Waals surface area contributed by atoms with Gasteiger partial charge in [-0.05, 0) is 29.7 Å². The fraction of sp³-hybridized carbons (Fsp3) is 0.333. The van der Waals surface area contributed by atoms with Gasteiger partial charge in [-0.25, -0.2) is 4.79 Å². The summed E-state index contributed by atoms with van der Waals surface area (Å²) in [5.74, 6) is 0.757. The Labute approximate surface area is 113 Å². The maximum Gasteiger partial charge on any atom is 0.416 e. The largest absolute Gasteiger partial charge is 0.508 e. The number of aromatic hydroxyl groups is 1. The van der Waals surface area contributed by atoms with Crippen molar-refractivity contribution >= 4 is 33.5 Å². The first-order chi connectivity index (χ1) is 9.19. The Morgan fingerprint density at radius 1 is 1.63 bits per heavy atom. The summed E-state index contributed by atoms with van der Waals surface area (Å²) in [6.07, 6.45) is -0.686. The summed E-state index contributed by atoms with van der Waals surface area (Å²) in [5.41, 5.74) is 0. The number of benzene rings is 1. The molecule has 0 unspecified atom stereocenters. The Balaban J connectivity index is 1.94. The van der Waals surface area contributed by atoms with Gasteiger partial charge in [0.2, 0.25) is 0 Å². The molecule has 1 aliphatic heterocycles. The Kier molecular flexibility index (Phi) is 3.00. The van der Waals surface area contributed by atoms with Crippen molar-refractivity contribution in [3.63, 3.8) is 0 Å². The molecule has 1 aromatic carbocycles. The fourth-order valence-electron chi connectivity index (χ4n) is 2.07. The lowest BCUT2D eigenvalue weighted by molar-refractivity contribution is 0.0718. The molecule has 100 valence electrons. The van der Waals surface area contributed by atoms with Gasteiger partial charge >= 0.3 is 6.09 Å². The lowest BCUT2D eigenvalue weighted by atomic mass is 10.2. The van der Waals surface area contributed by atoms with Crippen LogP contribution in [-0.4, -0.2) is 41.9 Å². The quantitative estimate of drug-likeness (QED) is 0.930. The van der Waals surface area contributed by atoms with E-state index in [2.05, 4.69) is 4.37 Å². The lowest BCUT2D eigenvalue weighted by Crippen LogP contribution is -2.26. The van der Waals surface area contributed by atoms with Crippen molar-refractivity contribution in [3.8, 4) is 5.75 Å². The van der Waals surface area contributed by atoms with Gasteiger partial charge in [0.05, 0.1) is 17.9 Å². The van der Waals surface area contributed by atoms with Crippen LogP contribution >= 0.6 is 11.5 Å². The SMILES string of the molecule is COC[C@@H]1CN(c2nsc3cc(O)ccc23)C(=O)O1. The molecule has 1 aliphatic rings. The van der Waals surface area contributed by atoms with Crippen LogP contribution in [0.15, 0.2) is 18.2 Å². The molecule has 1 saturated heterocycles. The van der Waals surface area contributed by atoms with E-state index in [1.165, 1.54) is 16.4 Å². The minimum absolute atomic E-state index is 0.184. The molecule has 19 heavy (non-hydrogen) atoms. The van der Waals surface area contributed by atoms with Crippen LogP contribution in [0.1, 0.15) is 0 Å². The number of hydrogen-bond acceptors (Lipinski definition) is 6. The second-order valence-electron chi connectivity index (χ2n) is 4.26. The topological polar surface area (TPSA) is 71.9 Å². The Bertz CT molecular complexity index is 627. The molecule has 0 bridgehead atoms. The van der Waals surface area contributed by atoms with Gasteiger partial charge in [-0.1, -0.05) is 0 Å². The van der Waals surface area contributed by atoms with E-state index in [1.54, 1.807) is 25.3 Å². The van der Waals surface area contributed by atoms with Gasteiger partial charge in [0.25, 0.3) is 0 Å². The second kappa shape index (κ2) is 4.67. The van der Waals surface area contributed by atoms with Crippen LogP contribution in [0, 0.1) is 0 Å². The van der Waals surface area contributed by atoms with Gasteiger partial charge in [0.15, 0.2) is 5.82 Å². The summed E-state index contributed by atoms with van der Waals surface area (Å²) in [5, 5.41) is 10.3. The molecule has 1 N–H and O–H groups in total. The van der Waals surface area contributed by atoms with Gasteiger partial charge in [-0.15, -0.1) is 0 Å². The zero-order valence-electron chi connectivity index (χ0n) is 10.2. The van der Waals surface area contributed by atoms with Gasteiger partial charge in [0, 0.05) is 12.5 Å². The molecule has 0 radical (unpaired) electrons. The third kappa shape index (κ3) is 2.11. The van der Waals surface area contributed by atoms with Crippen molar-refractivity contribution in [3.05, 3.63) is 18.2 Å². The number of fused-ring (bicyclic) bond motifs is 1. The highest BCUT2D eigenvalue weighted by molar-refractivity contribution is 7.13. The standard InChI is InChI=1S/C12H12N2O4S/c1-17-6-8-5-14(12(16)18-8)11-9-3-2-7(15)4-10(9)19-13-11/h2-4,8,15H,5-6H2,1H3/t8-/m0/s1. The highest BCUT2D eigenvalue weighted by atomic mass is 32.1. The molecule has 1 aromatic heterocycles. The van der Waals surface area contributed by atoms with Crippen molar-refractivity contribution < 1.29 is 19.4 Å². The molecule has 0 spiro atoms. The highest BCUT2D eigenvalue weighted by Crippen LogP contribution is 2.33. The highest BCUT2D eigenvalue weighted by Gasteiger charge is 2.34. The van der Waals surface area contributed by atoms with Crippen LogP contribution in [0.3, 0.4) is 0 Å². The molecule has 2 heterocycles. The van der Waals surface area contributed by atoms with Crippen LogP contribution in [0.4, 0.5) is 10.6 Å². The minimum Gasteiger partial charge on any atom is -0.508 e. The van der Waals surface area contributed by atoms with E-state index >= 15 is 0 Å². The molecule has 1 atom stereocenters. The minimum atomic E-state index is -0.415. The molecule has 1 fully saturated rings. The molecule has 0 aliphatic carbocycles. The number of phenolic OH excluding ortho intramolecular Hbond substituents is 1. The summed E-state index contributed by atoms with van der Waals surface area (Å²) >= 11 is 1.24. The first-order valence-corrected chi connectivity index (χ1v) is 6.52.